The fourth-order valence-corrected chi connectivity index (χ4v) is 5.03. The average molecular weight is 468 g/mol. The SMILES string of the molecule is COc1cc(C(c2ccc3ccccc3c2)N2CCCC2C(=O)O)ccc1OCc1ccccc1. The van der Waals surface area contributed by atoms with Gasteiger partial charge in [-0.3, -0.25) is 9.69 Å². The highest BCUT2D eigenvalue weighted by Gasteiger charge is 2.37. The second-order valence-electron chi connectivity index (χ2n) is 8.93. The Kier molecular flexibility index (Phi) is 6.68. The number of ether oxygens (including phenoxy) is 2. The van der Waals surface area contributed by atoms with E-state index in [1.54, 1.807) is 7.11 Å². The Bertz CT molecular complexity index is 1320. The van der Waals surface area contributed by atoms with Crippen molar-refractivity contribution in [2.24, 2.45) is 0 Å². The Hall–Kier alpha value is -3.83. The van der Waals surface area contributed by atoms with Crippen molar-refractivity contribution in [3.05, 3.63) is 108 Å². The van der Waals surface area contributed by atoms with Gasteiger partial charge in [0.2, 0.25) is 0 Å². The number of carbonyl (C=O) groups is 1. The predicted molar refractivity (Wildman–Crippen MR) is 137 cm³/mol. The maximum Gasteiger partial charge on any atom is 0.320 e. The highest BCUT2D eigenvalue weighted by molar-refractivity contribution is 5.83. The minimum atomic E-state index is -0.775. The highest BCUT2D eigenvalue weighted by Crippen LogP contribution is 2.39. The largest absolute Gasteiger partial charge is 0.493 e. The number of carboxylic acids is 1. The van der Waals surface area contributed by atoms with Crippen LogP contribution < -0.4 is 9.47 Å². The third-order valence-corrected chi connectivity index (χ3v) is 6.74. The van der Waals surface area contributed by atoms with Crippen LogP contribution in [0.15, 0.2) is 91.0 Å². The quantitative estimate of drug-likeness (QED) is 0.341. The Morgan fingerprint density at radius 2 is 1.63 bits per heavy atom. The summed E-state index contributed by atoms with van der Waals surface area (Å²) in [5.74, 6) is 0.520. The lowest BCUT2D eigenvalue weighted by atomic mass is 9.94. The standard InChI is InChI=1S/C30H29NO4/c1-34-28-19-25(15-16-27(28)35-20-21-8-3-2-4-9-21)29(31-17-7-12-26(31)30(32)33)24-14-13-22-10-5-6-11-23(22)18-24/h2-6,8-11,13-16,18-19,26,29H,7,12,17,20H2,1H3,(H,32,33). The van der Waals surface area contributed by atoms with Crippen molar-refractivity contribution in [1.29, 1.82) is 0 Å². The van der Waals surface area contributed by atoms with Gasteiger partial charge in [0.15, 0.2) is 11.5 Å². The zero-order valence-electron chi connectivity index (χ0n) is 19.8. The van der Waals surface area contributed by atoms with Crippen LogP contribution in [0.3, 0.4) is 0 Å². The van der Waals surface area contributed by atoms with Gasteiger partial charge in [0.1, 0.15) is 12.6 Å². The molecular formula is C30H29NO4. The van der Waals surface area contributed by atoms with E-state index in [4.69, 9.17) is 9.47 Å². The average Bonchev–Trinajstić information content (AvgIpc) is 3.38. The fraction of sp³-hybridized carbons (Fsp3) is 0.233. The van der Waals surface area contributed by atoms with Gasteiger partial charge in [0, 0.05) is 6.54 Å². The summed E-state index contributed by atoms with van der Waals surface area (Å²) in [7, 11) is 1.63. The molecule has 1 saturated heterocycles. The highest BCUT2D eigenvalue weighted by atomic mass is 16.5. The van der Waals surface area contributed by atoms with Crippen LogP contribution in [0, 0.1) is 0 Å². The van der Waals surface area contributed by atoms with E-state index in [9.17, 15) is 9.90 Å². The van der Waals surface area contributed by atoms with Gasteiger partial charge in [-0.25, -0.2) is 0 Å². The number of benzene rings is 4. The minimum Gasteiger partial charge on any atom is -0.493 e. The van der Waals surface area contributed by atoms with Gasteiger partial charge >= 0.3 is 5.97 Å². The van der Waals surface area contributed by atoms with E-state index in [0.29, 0.717) is 24.5 Å². The summed E-state index contributed by atoms with van der Waals surface area (Å²) in [6.45, 7) is 1.17. The van der Waals surface area contributed by atoms with Crippen molar-refractivity contribution in [2.45, 2.75) is 31.5 Å². The molecule has 1 aliphatic heterocycles. The number of carboxylic acid groups (broad SMARTS) is 1. The first kappa shape index (κ1) is 22.9. The van der Waals surface area contributed by atoms with Gasteiger partial charge in [0.25, 0.3) is 0 Å². The van der Waals surface area contributed by atoms with Crippen molar-refractivity contribution in [1.82, 2.24) is 4.90 Å². The van der Waals surface area contributed by atoms with Gasteiger partial charge in [0.05, 0.1) is 13.2 Å². The zero-order valence-corrected chi connectivity index (χ0v) is 19.8. The first-order valence-corrected chi connectivity index (χ1v) is 12.0. The van der Waals surface area contributed by atoms with E-state index < -0.39 is 12.0 Å². The molecule has 4 aromatic carbocycles. The molecule has 0 aliphatic carbocycles. The molecule has 0 aromatic heterocycles. The van der Waals surface area contributed by atoms with Crippen molar-refractivity contribution in [3.63, 3.8) is 0 Å². The summed E-state index contributed by atoms with van der Waals surface area (Å²) in [5.41, 5.74) is 3.13. The molecule has 1 heterocycles. The molecule has 2 unspecified atom stereocenters. The third kappa shape index (κ3) is 4.86. The molecule has 2 atom stereocenters. The lowest BCUT2D eigenvalue weighted by Crippen LogP contribution is -2.39. The van der Waals surface area contributed by atoms with Crippen LogP contribution >= 0.6 is 0 Å². The topological polar surface area (TPSA) is 59.0 Å². The second-order valence-corrected chi connectivity index (χ2v) is 8.93. The van der Waals surface area contributed by atoms with Gasteiger partial charge < -0.3 is 14.6 Å². The number of methoxy groups -OCH3 is 1. The van der Waals surface area contributed by atoms with Crippen molar-refractivity contribution >= 4 is 16.7 Å². The number of fused-ring (bicyclic) bond motifs is 1. The van der Waals surface area contributed by atoms with E-state index >= 15 is 0 Å². The van der Waals surface area contributed by atoms with E-state index in [-0.39, 0.29) is 6.04 Å². The summed E-state index contributed by atoms with van der Waals surface area (Å²) in [4.78, 5) is 14.2. The predicted octanol–water partition coefficient (Wildman–Crippen LogP) is 6.07. The molecule has 5 heteroatoms. The number of likely N-dealkylation sites (tertiary alicyclic amines) is 1. The lowest BCUT2D eigenvalue weighted by molar-refractivity contribution is -0.142. The third-order valence-electron chi connectivity index (χ3n) is 6.74. The summed E-state index contributed by atoms with van der Waals surface area (Å²) in [6, 6.07) is 29.8. The molecule has 0 bridgehead atoms. The molecular weight excluding hydrogens is 438 g/mol. The Morgan fingerprint density at radius 3 is 2.40 bits per heavy atom. The number of hydrogen-bond donors (Lipinski definition) is 1. The van der Waals surface area contributed by atoms with Crippen LogP contribution in [0.1, 0.15) is 35.6 Å². The first-order valence-electron chi connectivity index (χ1n) is 12.0. The summed E-state index contributed by atoms with van der Waals surface area (Å²) < 4.78 is 11.8. The molecule has 5 nitrogen and oxygen atoms in total. The second kappa shape index (κ2) is 10.2. The van der Waals surface area contributed by atoms with E-state index in [1.807, 2.05) is 60.7 Å². The first-order chi connectivity index (χ1) is 17.1. The van der Waals surface area contributed by atoms with Crippen LogP contribution in [-0.4, -0.2) is 35.7 Å². The molecule has 0 amide bonds. The molecule has 178 valence electrons. The molecule has 1 aliphatic rings. The van der Waals surface area contributed by atoms with Crippen molar-refractivity contribution < 1.29 is 19.4 Å². The molecule has 1 N–H and O–H groups in total. The molecule has 1 fully saturated rings. The van der Waals surface area contributed by atoms with E-state index in [1.165, 1.54) is 0 Å². The maximum atomic E-state index is 12.1. The smallest absolute Gasteiger partial charge is 0.320 e. The summed E-state index contributed by atoms with van der Waals surface area (Å²) >= 11 is 0. The molecule has 35 heavy (non-hydrogen) atoms. The fourth-order valence-electron chi connectivity index (χ4n) is 5.03. The molecule has 4 aromatic rings. The minimum absolute atomic E-state index is 0.208. The maximum absolute atomic E-state index is 12.1. The van der Waals surface area contributed by atoms with Crippen molar-refractivity contribution in [3.8, 4) is 11.5 Å². The van der Waals surface area contributed by atoms with E-state index in [2.05, 4.69) is 35.2 Å². The summed E-state index contributed by atoms with van der Waals surface area (Å²) in [6.07, 6.45) is 1.51. The van der Waals surface area contributed by atoms with Crippen LogP contribution in [0.5, 0.6) is 11.5 Å². The Morgan fingerprint density at radius 1 is 0.914 bits per heavy atom. The number of nitrogens with zero attached hydrogens (tertiary/aromatic N) is 1. The van der Waals surface area contributed by atoms with Crippen LogP contribution in [0.4, 0.5) is 0 Å². The van der Waals surface area contributed by atoms with Crippen LogP contribution in [0.2, 0.25) is 0 Å². The normalized spacial score (nSPS) is 16.8. The van der Waals surface area contributed by atoms with Crippen LogP contribution in [-0.2, 0) is 11.4 Å². The number of aliphatic carboxylic acids is 1. The molecule has 0 saturated carbocycles. The monoisotopic (exact) mass is 467 g/mol. The summed E-state index contributed by atoms with van der Waals surface area (Å²) in [5, 5.41) is 12.2. The Labute approximate surface area is 205 Å². The van der Waals surface area contributed by atoms with Gasteiger partial charge in [-0.1, -0.05) is 72.8 Å². The Balaban J connectivity index is 1.53. The van der Waals surface area contributed by atoms with Gasteiger partial charge in [-0.15, -0.1) is 0 Å². The van der Waals surface area contributed by atoms with Gasteiger partial charge in [-0.2, -0.15) is 0 Å². The van der Waals surface area contributed by atoms with Crippen LogP contribution in [0.25, 0.3) is 10.8 Å². The number of hydrogen-bond acceptors (Lipinski definition) is 4. The van der Waals surface area contributed by atoms with Gasteiger partial charge in [-0.05, 0) is 58.5 Å². The molecule has 5 rings (SSSR count). The van der Waals surface area contributed by atoms with E-state index in [0.717, 1.165) is 40.4 Å². The molecule has 0 radical (unpaired) electrons. The molecule has 0 spiro atoms. The lowest BCUT2D eigenvalue weighted by Gasteiger charge is -2.32. The zero-order chi connectivity index (χ0) is 24.2. The van der Waals surface area contributed by atoms with Crippen molar-refractivity contribution in [2.75, 3.05) is 13.7 Å². The number of rotatable bonds is 8.